The van der Waals surface area contributed by atoms with Crippen molar-refractivity contribution in [3.63, 3.8) is 0 Å². The van der Waals surface area contributed by atoms with Crippen molar-refractivity contribution in [2.75, 3.05) is 20.3 Å². The molecule has 9 nitrogen and oxygen atoms in total. The highest BCUT2D eigenvalue weighted by atomic mass is 32.2. The molecule has 0 aromatic heterocycles. The Morgan fingerprint density at radius 1 is 0.932 bits per heavy atom. The predicted molar refractivity (Wildman–Crippen MR) is 167 cm³/mol. The molecular weight excluding hydrogens is 582 g/mol. The van der Waals surface area contributed by atoms with Crippen molar-refractivity contribution in [2.45, 2.75) is 60.7 Å². The highest BCUT2D eigenvalue weighted by Gasteiger charge is 2.47. The van der Waals surface area contributed by atoms with Gasteiger partial charge in [-0.1, -0.05) is 78.5 Å². The number of rotatable bonds is 16. The number of thioether (sulfide) groups is 1. The zero-order chi connectivity index (χ0) is 31.1. The predicted octanol–water partition coefficient (Wildman–Crippen LogP) is 4.67. The minimum absolute atomic E-state index is 0.00907. The molecule has 1 amide bonds. The van der Waals surface area contributed by atoms with Crippen LogP contribution in [0, 0.1) is 0 Å². The van der Waals surface area contributed by atoms with Crippen LogP contribution in [0.4, 0.5) is 0 Å². The lowest BCUT2D eigenvalue weighted by Crippen LogP contribution is -2.59. The van der Waals surface area contributed by atoms with E-state index in [9.17, 15) is 14.7 Å². The number of benzene rings is 3. The lowest BCUT2D eigenvalue weighted by molar-refractivity contribution is -0.237. The fourth-order valence-electron chi connectivity index (χ4n) is 4.59. The molecule has 0 radical (unpaired) electrons. The van der Waals surface area contributed by atoms with Gasteiger partial charge in [0, 0.05) is 17.9 Å². The van der Waals surface area contributed by atoms with Gasteiger partial charge >= 0.3 is 5.97 Å². The highest BCUT2D eigenvalue weighted by Crippen LogP contribution is 2.36. The van der Waals surface area contributed by atoms with E-state index in [1.165, 1.54) is 11.8 Å². The van der Waals surface area contributed by atoms with Gasteiger partial charge in [-0.3, -0.25) is 9.59 Å². The summed E-state index contributed by atoms with van der Waals surface area (Å²) in [6.07, 6.45) is -1.89. The van der Waals surface area contributed by atoms with Crippen LogP contribution in [0.15, 0.2) is 102 Å². The van der Waals surface area contributed by atoms with Crippen LogP contribution in [0.3, 0.4) is 0 Å². The molecule has 5 atom stereocenters. The number of hydrogen-bond acceptors (Lipinski definition) is 9. The van der Waals surface area contributed by atoms with Gasteiger partial charge in [0.2, 0.25) is 5.91 Å². The Bertz CT molecular complexity index is 1310. The number of hydrogen-bond donors (Lipinski definition) is 2. The van der Waals surface area contributed by atoms with E-state index in [1.54, 1.807) is 13.2 Å². The fraction of sp³-hybridized carbons (Fsp3) is 0.353. The molecule has 0 saturated carbocycles. The molecule has 3 aromatic carbocycles. The van der Waals surface area contributed by atoms with Gasteiger partial charge in [-0.15, -0.1) is 6.58 Å². The van der Waals surface area contributed by atoms with E-state index in [0.29, 0.717) is 6.54 Å². The number of methoxy groups -OCH3 is 1. The van der Waals surface area contributed by atoms with Crippen molar-refractivity contribution in [1.29, 1.82) is 0 Å². The molecule has 10 heteroatoms. The summed E-state index contributed by atoms with van der Waals surface area (Å²) >= 11 is 1.35. The first-order valence-electron chi connectivity index (χ1n) is 14.5. The number of amides is 1. The van der Waals surface area contributed by atoms with Gasteiger partial charge in [0.25, 0.3) is 0 Å². The summed E-state index contributed by atoms with van der Waals surface area (Å²) < 4.78 is 29.5. The molecule has 1 aliphatic rings. The number of aliphatic hydroxyl groups is 1. The molecule has 0 aliphatic carbocycles. The van der Waals surface area contributed by atoms with Gasteiger partial charge in [-0.05, 0) is 35.4 Å². The molecule has 2 N–H and O–H groups in total. The number of aliphatic hydroxyl groups excluding tert-OH is 1. The third-order valence-corrected chi connectivity index (χ3v) is 8.08. The first-order chi connectivity index (χ1) is 21.5. The maximum atomic E-state index is 12.7. The van der Waals surface area contributed by atoms with E-state index in [0.717, 1.165) is 21.8 Å². The van der Waals surface area contributed by atoms with Gasteiger partial charge in [0.05, 0.1) is 26.7 Å². The van der Waals surface area contributed by atoms with Crippen LogP contribution in [0.1, 0.15) is 24.0 Å². The Hall–Kier alpha value is -3.67. The molecule has 1 aliphatic heterocycles. The van der Waals surface area contributed by atoms with Crippen LogP contribution in [0.2, 0.25) is 0 Å². The zero-order valence-electron chi connectivity index (χ0n) is 24.7. The zero-order valence-corrected chi connectivity index (χ0v) is 25.5. The molecular formula is C34H39NO8S. The van der Waals surface area contributed by atoms with Crippen LogP contribution in [0.25, 0.3) is 0 Å². The van der Waals surface area contributed by atoms with Crippen molar-refractivity contribution in [1.82, 2.24) is 5.32 Å². The number of ether oxygens (including phenoxy) is 5. The number of esters is 1. The lowest BCUT2D eigenvalue weighted by atomic mass is 9.99. The normalized spacial score (nSPS) is 21.3. The van der Waals surface area contributed by atoms with Gasteiger partial charge in [-0.2, -0.15) is 0 Å². The van der Waals surface area contributed by atoms with E-state index >= 15 is 0 Å². The Morgan fingerprint density at radius 2 is 1.64 bits per heavy atom. The van der Waals surface area contributed by atoms with Crippen molar-refractivity contribution in [3.05, 3.63) is 109 Å². The van der Waals surface area contributed by atoms with Crippen LogP contribution in [0.5, 0.6) is 5.75 Å². The monoisotopic (exact) mass is 621 g/mol. The molecule has 1 heterocycles. The Kier molecular flexibility index (Phi) is 13.3. The quantitative estimate of drug-likeness (QED) is 0.174. The second kappa shape index (κ2) is 17.6. The maximum absolute atomic E-state index is 12.7. The maximum Gasteiger partial charge on any atom is 0.306 e. The van der Waals surface area contributed by atoms with E-state index in [2.05, 4.69) is 11.9 Å². The number of carbonyl (C=O) groups excluding carboxylic acids is 2. The summed E-state index contributed by atoms with van der Waals surface area (Å²) in [7, 11) is 1.60. The van der Waals surface area contributed by atoms with Crippen molar-refractivity contribution in [3.8, 4) is 5.75 Å². The van der Waals surface area contributed by atoms with Crippen molar-refractivity contribution in [2.24, 2.45) is 0 Å². The Balaban J connectivity index is 1.41. The largest absolute Gasteiger partial charge is 0.497 e. The molecule has 0 bridgehead atoms. The number of carbonyl (C=O) groups is 2. The molecule has 4 rings (SSSR count). The standard InChI is InChI=1S/C34H39NO8S/c1-3-20-40-33-31(38)34(44-27-12-8-5-9-13-27)43-28(32(33)42-22-25-14-16-26(39-2)17-15-25)23-41-30(37)19-18-29(36)35-21-24-10-6-4-7-11-24/h3-17,28,31-34,38H,1,18-23H2,2H3,(H,35,36)/t28-,31-,32-,33-,34+/m1/s1. The third kappa shape index (κ3) is 10.2. The summed E-state index contributed by atoms with van der Waals surface area (Å²) in [5.74, 6) is -0.0725. The second-order valence-electron chi connectivity index (χ2n) is 10.1. The average molecular weight is 622 g/mol. The molecule has 0 unspecified atom stereocenters. The summed E-state index contributed by atoms with van der Waals surface area (Å²) in [6, 6.07) is 26.5. The SMILES string of the molecule is C=CCO[C@@H]1[C@@H](O)[C@H](Sc2ccccc2)O[C@H](COC(=O)CCC(=O)NCc2ccccc2)[C@H]1OCc1ccc(OC)cc1. The minimum Gasteiger partial charge on any atom is -0.497 e. The van der Waals surface area contributed by atoms with Gasteiger partial charge in [0.15, 0.2) is 0 Å². The Morgan fingerprint density at radius 3 is 2.32 bits per heavy atom. The first kappa shape index (κ1) is 33.2. The van der Waals surface area contributed by atoms with E-state index in [-0.39, 0.29) is 38.6 Å². The molecule has 0 spiro atoms. The molecule has 234 valence electrons. The Labute approximate surface area is 262 Å². The van der Waals surface area contributed by atoms with Gasteiger partial charge in [-0.25, -0.2) is 0 Å². The van der Waals surface area contributed by atoms with Gasteiger partial charge < -0.3 is 34.1 Å². The average Bonchev–Trinajstić information content (AvgIpc) is 3.06. The van der Waals surface area contributed by atoms with Crippen LogP contribution < -0.4 is 10.1 Å². The third-order valence-electron chi connectivity index (χ3n) is 6.92. The van der Waals surface area contributed by atoms with Crippen molar-refractivity contribution < 1.29 is 38.4 Å². The second-order valence-corrected chi connectivity index (χ2v) is 11.3. The molecule has 1 saturated heterocycles. The van der Waals surface area contributed by atoms with E-state index < -0.39 is 35.8 Å². The molecule has 1 fully saturated rings. The van der Waals surface area contributed by atoms with E-state index in [1.807, 2.05) is 84.9 Å². The highest BCUT2D eigenvalue weighted by molar-refractivity contribution is 7.99. The first-order valence-corrected chi connectivity index (χ1v) is 15.3. The van der Waals surface area contributed by atoms with Gasteiger partial charge in [0.1, 0.15) is 42.2 Å². The van der Waals surface area contributed by atoms with E-state index in [4.69, 9.17) is 23.7 Å². The minimum atomic E-state index is -1.05. The molecule has 3 aromatic rings. The lowest BCUT2D eigenvalue weighted by Gasteiger charge is -2.44. The summed E-state index contributed by atoms with van der Waals surface area (Å²) in [6.45, 7) is 4.34. The number of nitrogens with one attached hydrogen (secondary N) is 1. The fourth-order valence-corrected chi connectivity index (χ4v) is 5.67. The smallest absolute Gasteiger partial charge is 0.306 e. The summed E-state index contributed by atoms with van der Waals surface area (Å²) in [4.78, 5) is 25.9. The van der Waals surface area contributed by atoms with Crippen LogP contribution >= 0.6 is 11.8 Å². The topological polar surface area (TPSA) is 113 Å². The van der Waals surface area contributed by atoms with Crippen LogP contribution in [-0.2, 0) is 41.7 Å². The van der Waals surface area contributed by atoms with Crippen molar-refractivity contribution >= 4 is 23.6 Å². The molecule has 44 heavy (non-hydrogen) atoms. The summed E-state index contributed by atoms with van der Waals surface area (Å²) in [5, 5.41) is 14.2. The summed E-state index contributed by atoms with van der Waals surface area (Å²) in [5.41, 5.74) is 1.12. The van der Waals surface area contributed by atoms with Crippen LogP contribution in [-0.4, -0.2) is 67.2 Å².